The van der Waals surface area contributed by atoms with Crippen molar-refractivity contribution in [2.24, 2.45) is 0 Å². The lowest BCUT2D eigenvalue weighted by Gasteiger charge is -2.22. The third-order valence-corrected chi connectivity index (χ3v) is 1.70. The van der Waals surface area contributed by atoms with Gasteiger partial charge in [-0.1, -0.05) is 0 Å². The summed E-state index contributed by atoms with van der Waals surface area (Å²) in [7, 11) is 0. The molecule has 0 aromatic rings. The highest BCUT2D eigenvalue weighted by molar-refractivity contribution is 5.85. The van der Waals surface area contributed by atoms with Gasteiger partial charge in [0.1, 0.15) is 5.78 Å². The summed E-state index contributed by atoms with van der Waals surface area (Å²) in [5, 5.41) is 0. The molecule has 1 radical (unpaired) electrons. The summed E-state index contributed by atoms with van der Waals surface area (Å²) in [6, 6.07) is 0. The van der Waals surface area contributed by atoms with Crippen LogP contribution in [0.15, 0.2) is 0 Å². The largest absolute Gasteiger partial charge is 0.300 e. The van der Waals surface area contributed by atoms with Crippen LogP contribution in [0.1, 0.15) is 12.8 Å². The molecule has 3 nitrogen and oxygen atoms in total. The van der Waals surface area contributed by atoms with E-state index in [4.69, 9.17) is 0 Å². The fraction of sp³-hybridized carbons (Fsp3) is 0.714. The quantitative estimate of drug-likeness (QED) is 0.603. The van der Waals surface area contributed by atoms with Crippen molar-refractivity contribution in [1.82, 2.24) is 4.90 Å². The molecule has 1 heterocycles. The topological polar surface area (TPSA) is 37.4 Å². The molecular formula is C7H11ClNO2. The van der Waals surface area contributed by atoms with Crippen molar-refractivity contribution in [1.29, 1.82) is 0 Å². The maximum Gasteiger partial charge on any atom is 0.213 e. The number of ketones is 1. The standard InChI is InChI=1S/C7H10NO2.ClH/c9-6-5-8-3-1-7(10)2-4-8;/h1-5H2;1H. The number of carbonyl (C=O) groups excluding carboxylic acids is 2. The summed E-state index contributed by atoms with van der Waals surface area (Å²) in [5.74, 6) is 0.308. The van der Waals surface area contributed by atoms with Crippen LogP contribution < -0.4 is 0 Å². The van der Waals surface area contributed by atoms with Crippen LogP contribution in [0.25, 0.3) is 0 Å². The number of likely N-dealkylation sites (tertiary alicyclic amines) is 1. The van der Waals surface area contributed by atoms with E-state index in [2.05, 4.69) is 0 Å². The van der Waals surface area contributed by atoms with E-state index < -0.39 is 0 Å². The van der Waals surface area contributed by atoms with Gasteiger partial charge in [-0.25, -0.2) is 0 Å². The molecule has 0 N–H and O–H groups in total. The smallest absolute Gasteiger partial charge is 0.213 e. The van der Waals surface area contributed by atoms with E-state index >= 15 is 0 Å². The molecule has 0 amide bonds. The molecule has 63 valence electrons. The van der Waals surface area contributed by atoms with Gasteiger partial charge in [0.25, 0.3) is 0 Å². The van der Waals surface area contributed by atoms with Gasteiger partial charge >= 0.3 is 0 Å². The first kappa shape index (κ1) is 10.6. The average molecular weight is 177 g/mol. The third-order valence-electron chi connectivity index (χ3n) is 1.70. The molecule has 0 bridgehead atoms. The number of hydrogen-bond donors (Lipinski definition) is 0. The van der Waals surface area contributed by atoms with Crippen LogP contribution in [0.2, 0.25) is 0 Å². The van der Waals surface area contributed by atoms with Crippen LogP contribution in [0.3, 0.4) is 0 Å². The van der Waals surface area contributed by atoms with Gasteiger partial charge in [0.05, 0.1) is 6.54 Å². The molecule has 1 fully saturated rings. The predicted molar refractivity (Wildman–Crippen MR) is 43.6 cm³/mol. The molecule has 0 aromatic heterocycles. The lowest BCUT2D eigenvalue weighted by atomic mass is 10.1. The van der Waals surface area contributed by atoms with Gasteiger partial charge in [0, 0.05) is 25.9 Å². The fourth-order valence-corrected chi connectivity index (χ4v) is 1.05. The Morgan fingerprint density at radius 3 is 2.36 bits per heavy atom. The predicted octanol–water partition coefficient (Wildman–Crippen LogP) is 0.183. The van der Waals surface area contributed by atoms with Gasteiger partial charge in [0.15, 0.2) is 0 Å². The maximum atomic E-state index is 10.7. The first-order valence-electron chi connectivity index (χ1n) is 3.42. The van der Waals surface area contributed by atoms with Crippen molar-refractivity contribution >= 4 is 24.5 Å². The average Bonchev–Trinajstić information content (AvgIpc) is 1.95. The van der Waals surface area contributed by atoms with E-state index in [1.165, 1.54) is 0 Å². The molecule has 1 rings (SSSR count). The minimum atomic E-state index is 0. The summed E-state index contributed by atoms with van der Waals surface area (Å²) in [4.78, 5) is 22.5. The summed E-state index contributed by atoms with van der Waals surface area (Å²) in [6.07, 6.45) is 3.01. The third kappa shape index (κ3) is 3.49. The lowest BCUT2D eigenvalue weighted by Crippen LogP contribution is -2.34. The number of Topliss-reactive ketones (excluding diaryl/α,β-unsaturated/α-hetero) is 1. The van der Waals surface area contributed by atoms with Gasteiger partial charge in [0.2, 0.25) is 6.29 Å². The van der Waals surface area contributed by atoms with E-state index in [-0.39, 0.29) is 12.4 Å². The van der Waals surface area contributed by atoms with Gasteiger partial charge in [-0.2, -0.15) is 0 Å². The zero-order valence-corrected chi connectivity index (χ0v) is 7.02. The molecule has 0 unspecified atom stereocenters. The molecular weight excluding hydrogens is 166 g/mol. The van der Waals surface area contributed by atoms with Crippen molar-refractivity contribution in [3.05, 3.63) is 0 Å². The molecule has 0 aromatic carbocycles. The second kappa shape index (κ2) is 5.27. The van der Waals surface area contributed by atoms with Gasteiger partial charge in [-0.05, 0) is 0 Å². The second-order valence-electron chi connectivity index (χ2n) is 2.46. The Kier molecular flexibility index (Phi) is 5.07. The van der Waals surface area contributed by atoms with Gasteiger partial charge in [-0.3, -0.25) is 14.5 Å². The Bertz CT molecular complexity index is 139. The van der Waals surface area contributed by atoms with Crippen molar-refractivity contribution in [3.8, 4) is 0 Å². The molecule has 0 saturated carbocycles. The van der Waals surface area contributed by atoms with Crippen LogP contribution in [-0.4, -0.2) is 36.6 Å². The minimum absolute atomic E-state index is 0. The summed E-state index contributed by atoms with van der Waals surface area (Å²) in [6.45, 7) is 1.81. The number of hydrogen-bond acceptors (Lipinski definition) is 3. The second-order valence-corrected chi connectivity index (χ2v) is 2.46. The van der Waals surface area contributed by atoms with Crippen LogP contribution in [0.5, 0.6) is 0 Å². The molecule has 11 heavy (non-hydrogen) atoms. The Hall–Kier alpha value is -0.410. The Labute approximate surface area is 72.2 Å². The first-order chi connectivity index (χ1) is 4.83. The molecule has 0 atom stereocenters. The van der Waals surface area contributed by atoms with Crippen molar-refractivity contribution < 1.29 is 9.59 Å². The number of rotatable bonds is 2. The van der Waals surface area contributed by atoms with Crippen LogP contribution in [-0.2, 0) is 9.59 Å². The highest BCUT2D eigenvalue weighted by Gasteiger charge is 2.14. The van der Waals surface area contributed by atoms with E-state index in [1.54, 1.807) is 0 Å². The number of nitrogens with zero attached hydrogens (tertiary/aromatic N) is 1. The van der Waals surface area contributed by atoms with E-state index in [9.17, 15) is 9.59 Å². The van der Waals surface area contributed by atoms with E-state index in [1.807, 2.05) is 11.2 Å². The number of piperidine rings is 1. The molecule has 1 aliphatic rings. The first-order valence-corrected chi connectivity index (χ1v) is 3.42. The van der Waals surface area contributed by atoms with Crippen molar-refractivity contribution in [2.75, 3.05) is 19.6 Å². The Balaban J connectivity index is 0.000001000. The van der Waals surface area contributed by atoms with Crippen molar-refractivity contribution in [3.63, 3.8) is 0 Å². The monoisotopic (exact) mass is 176 g/mol. The number of halogens is 1. The fourth-order valence-electron chi connectivity index (χ4n) is 1.05. The summed E-state index contributed by atoms with van der Waals surface area (Å²) < 4.78 is 0. The van der Waals surface area contributed by atoms with Crippen LogP contribution >= 0.6 is 12.4 Å². The number of carbonyl (C=O) groups is 1. The molecule has 1 aliphatic heterocycles. The highest BCUT2D eigenvalue weighted by Crippen LogP contribution is 2.03. The molecule has 0 spiro atoms. The Morgan fingerprint density at radius 1 is 1.36 bits per heavy atom. The summed E-state index contributed by atoms with van der Waals surface area (Å²) >= 11 is 0. The normalized spacial score (nSPS) is 19.1. The van der Waals surface area contributed by atoms with Crippen molar-refractivity contribution in [2.45, 2.75) is 12.8 Å². The van der Waals surface area contributed by atoms with Gasteiger partial charge in [-0.15, -0.1) is 12.4 Å². The minimum Gasteiger partial charge on any atom is -0.300 e. The zero-order valence-electron chi connectivity index (χ0n) is 6.21. The Morgan fingerprint density at radius 2 is 1.91 bits per heavy atom. The zero-order chi connectivity index (χ0) is 7.40. The maximum absolute atomic E-state index is 10.7. The summed E-state index contributed by atoms with van der Waals surface area (Å²) in [5.41, 5.74) is 0. The highest BCUT2D eigenvalue weighted by atomic mass is 35.5. The van der Waals surface area contributed by atoms with Crippen LogP contribution in [0, 0.1) is 0 Å². The molecule has 0 aliphatic carbocycles. The van der Waals surface area contributed by atoms with E-state index in [0.29, 0.717) is 25.2 Å². The van der Waals surface area contributed by atoms with Crippen LogP contribution in [0.4, 0.5) is 0 Å². The molecule has 4 heteroatoms. The molecule has 1 saturated heterocycles. The van der Waals surface area contributed by atoms with Gasteiger partial charge < -0.3 is 0 Å². The SMILES string of the molecule is Cl.O=[C]CN1CCC(=O)CC1. The lowest BCUT2D eigenvalue weighted by molar-refractivity contribution is -0.121. The van der Waals surface area contributed by atoms with E-state index in [0.717, 1.165) is 13.1 Å².